The summed E-state index contributed by atoms with van der Waals surface area (Å²) in [5, 5.41) is 0.215. The van der Waals surface area contributed by atoms with Gasteiger partial charge in [0, 0.05) is 5.38 Å². The van der Waals surface area contributed by atoms with Crippen molar-refractivity contribution in [1.82, 2.24) is 0 Å². The maximum atomic E-state index is 6.31. The van der Waals surface area contributed by atoms with E-state index in [0.717, 1.165) is 6.42 Å². The first-order valence-electron chi connectivity index (χ1n) is 6.51. The van der Waals surface area contributed by atoms with Gasteiger partial charge < -0.3 is 0 Å². The number of benzene rings is 2. The van der Waals surface area contributed by atoms with Crippen molar-refractivity contribution < 1.29 is 0 Å². The molecule has 0 nitrogen and oxygen atoms in total. The predicted octanol–water partition coefficient (Wildman–Crippen LogP) is 5.47. The van der Waals surface area contributed by atoms with Crippen molar-refractivity contribution in [3.05, 3.63) is 60.2 Å². The molecule has 94 valence electrons. The first-order valence-corrected chi connectivity index (χ1v) is 6.95. The Kier molecular flexibility index (Phi) is 4.43. The molecule has 0 radical (unpaired) electrons. The summed E-state index contributed by atoms with van der Waals surface area (Å²) in [6.07, 6.45) is 1.00. The summed E-state index contributed by atoms with van der Waals surface area (Å²) in [4.78, 5) is 0. The van der Waals surface area contributed by atoms with Crippen molar-refractivity contribution >= 4 is 11.6 Å². The first kappa shape index (κ1) is 13.2. The third-order valence-corrected chi connectivity index (χ3v) is 4.16. The lowest BCUT2D eigenvalue weighted by molar-refractivity contribution is 0.675. The Labute approximate surface area is 115 Å². The molecule has 0 aromatic heterocycles. The maximum Gasteiger partial charge on any atom is 0.0399 e. The normalized spacial score (nSPS) is 14.2. The van der Waals surface area contributed by atoms with Crippen LogP contribution in [0.15, 0.2) is 54.6 Å². The zero-order valence-electron chi connectivity index (χ0n) is 10.9. The summed E-state index contributed by atoms with van der Waals surface area (Å²) in [6, 6.07) is 19.2. The lowest BCUT2D eigenvalue weighted by atomic mass is 9.94. The van der Waals surface area contributed by atoms with Crippen molar-refractivity contribution in [2.45, 2.75) is 31.6 Å². The van der Waals surface area contributed by atoms with Gasteiger partial charge in [0.1, 0.15) is 0 Å². The summed E-state index contributed by atoms with van der Waals surface area (Å²) < 4.78 is 0. The fraction of sp³-hybridized carbons (Fsp3) is 0.294. The molecule has 1 heteroatoms. The lowest BCUT2D eigenvalue weighted by Gasteiger charge is -2.17. The van der Waals surface area contributed by atoms with Crippen LogP contribution in [0.4, 0.5) is 0 Å². The highest BCUT2D eigenvalue weighted by Crippen LogP contribution is 2.27. The highest BCUT2D eigenvalue weighted by molar-refractivity contribution is 6.21. The number of halogens is 1. The predicted molar refractivity (Wildman–Crippen MR) is 80.2 cm³/mol. The summed E-state index contributed by atoms with van der Waals surface area (Å²) in [7, 11) is 0. The van der Waals surface area contributed by atoms with Crippen LogP contribution in [0.2, 0.25) is 0 Å². The van der Waals surface area contributed by atoms with Crippen LogP contribution in [0.3, 0.4) is 0 Å². The monoisotopic (exact) mass is 258 g/mol. The molecule has 0 saturated heterocycles. The molecule has 2 unspecified atom stereocenters. The molecular weight excluding hydrogens is 240 g/mol. The van der Waals surface area contributed by atoms with Crippen LogP contribution < -0.4 is 0 Å². The lowest BCUT2D eigenvalue weighted by Crippen LogP contribution is -2.07. The van der Waals surface area contributed by atoms with Gasteiger partial charge in [-0.3, -0.25) is 0 Å². The van der Waals surface area contributed by atoms with Crippen LogP contribution in [0.25, 0.3) is 11.1 Å². The molecule has 0 amide bonds. The summed E-state index contributed by atoms with van der Waals surface area (Å²) >= 11 is 6.31. The van der Waals surface area contributed by atoms with E-state index in [9.17, 15) is 0 Å². The molecule has 0 spiro atoms. The standard InChI is InChI=1S/C17H19Cl/c1-3-17(18)13(2)14-9-11-16(12-10-14)15-7-5-4-6-8-15/h4-13,17H,3H2,1-2H3. The minimum atomic E-state index is 0.215. The zero-order valence-corrected chi connectivity index (χ0v) is 11.7. The van der Waals surface area contributed by atoms with Crippen LogP contribution in [0.1, 0.15) is 31.7 Å². The van der Waals surface area contributed by atoms with E-state index in [0.29, 0.717) is 5.92 Å². The second kappa shape index (κ2) is 6.06. The van der Waals surface area contributed by atoms with Crippen LogP contribution in [-0.2, 0) is 0 Å². The molecule has 0 N–H and O–H groups in total. The third kappa shape index (κ3) is 2.94. The van der Waals surface area contributed by atoms with E-state index in [-0.39, 0.29) is 5.38 Å². The Morgan fingerprint density at radius 2 is 1.44 bits per heavy atom. The number of hydrogen-bond donors (Lipinski definition) is 0. The fourth-order valence-corrected chi connectivity index (χ4v) is 2.32. The molecule has 0 heterocycles. The molecule has 2 atom stereocenters. The largest absolute Gasteiger partial charge is 0.122 e. The zero-order chi connectivity index (χ0) is 13.0. The van der Waals surface area contributed by atoms with Crippen LogP contribution in [-0.4, -0.2) is 5.38 Å². The highest BCUT2D eigenvalue weighted by atomic mass is 35.5. The maximum absolute atomic E-state index is 6.31. The molecule has 0 aliphatic carbocycles. The minimum absolute atomic E-state index is 0.215. The minimum Gasteiger partial charge on any atom is -0.122 e. The SMILES string of the molecule is CCC(Cl)C(C)c1ccc(-c2ccccc2)cc1. The van der Waals surface area contributed by atoms with Crippen LogP contribution >= 0.6 is 11.6 Å². The molecule has 18 heavy (non-hydrogen) atoms. The highest BCUT2D eigenvalue weighted by Gasteiger charge is 2.14. The summed E-state index contributed by atoms with van der Waals surface area (Å²) in [6.45, 7) is 4.32. The Balaban J connectivity index is 2.20. The number of alkyl halides is 1. The van der Waals surface area contributed by atoms with E-state index in [4.69, 9.17) is 11.6 Å². The van der Waals surface area contributed by atoms with Gasteiger partial charge in [-0.05, 0) is 29.0 Å². The Hall–Kier alpha value is -1.27. The van der Waals surface area contributed by atoms with Gasteiger partial charge in [0.05, 0.1) is 0 Å². The van der Waals surface area contributed by atoms with Gasteiger partial charge in [0.2, 0.25) is 0 Å². The van der Waals surface area contributed by atoms with E-state index >= 15 is 0 Å². The van der Waals surface area contributed by atoms with Gasteiger partial charge in [-0.15, -0.1) is 11.6 Å². The molecule has 0 saturated carbocycles. The van der Waals surface area contributed by atoms with Gasteiger partial charge in [-0.25, -0.2) is 0 Å². The quantitative estimate of drug-likeness (QED) is 0.638. The number of rotatable bonds is 4. The summed E-state index contributed by atoms with van der Waals surface area (Å²) in [5.41, 5.74) is 3.83. The van der Waals surface area contributed by atoms with Crippen molar-refractivity contribution in [2.24, 2.45) is 0 Å². The molecule has 0 aliphatic rings. The van der Waals surface area contributed by atoms with E-state index < -0.39 is 0 Å². The average Bonchev–Trinajstić information content (AvgIpc) is 2.47. The fourth-order valence-electron chi connectivity index (χ4n) is 2.17. The Bertz CT molecular complexity index is 473. The van der Waals surface area contributed by atoms with Gasteiger partial charge in [0.25, 0.3) is 0 Å². The van der Waals surface area contributed by atoms with Crippen molar-refractivity contribution in [1.29, 1.82) is 0 Å². The van der Waals surface area contributed by atoms with Crippen molar-refractivity contribution in [3.63, 3.8) is 0 Å². The molecule has 0 fully saturated rings. The van der Waals surface area contributed by atoms with Gasteiger partial charge >= 0.3 is 0 Å². The van der Waals surface area contributed by atoms with Crippen LogP contribution in [0.5, 0.6) is 0 Å². The van der Waals surface area contributed by atoms with Crippen molar-refractivity contribution in [3.8, 4) is 11.1 Å². The van der Waals surface area contributed by atoms with Gasteiger partial charge in [-0.2, -0.15) is 0 Å². The van der Waals surface area contributed by atoms with E-state index in [2.05, 4.69) is 62.4 Å². The Morgan fingerprint density at radius 1 is 0.889 bits per heavy atom. The van der Waals surface area contributed by atoms with Crippen molar-refractivity contribution in [2.75, 3.05) is 0 Å². The summed E-state index contributed by atoms with van der Waals surface area (Å²) in [5.74, 6) is 0.404. The molecule has 2 aromatic rings. The number of hydrogen-bond acceptors (Lipinski definition) is 0. The van der Waals surface area contributed by atoms with Crippen LogP contribution in [0, 0.1) is 0 Å². The smallest absolute Gasteiger partial charge is 0.0399 e. The molecule has 0 bridgehead atoms. The third-order valence-electron chi connectivity index (χ3n) is 3.48. The van der Waals surface area contributed by atoms with E-state index in [1.54, 1.807) is 0 Å². The second-order valence-electron chi connectivity index (χ2n) is 4.70. The average molecular weight is 259 g/mol. The van der Waals surface area contributed by atoms with Gasteiger partial charge in [0.15, 0.2) is 0 Å². The second-order valence-corrected chi connectivity index (χ2v) is 5.26. The molecule has 2 rings (SSSR count). The van der Waals surface area contributed by atoms with E-state index in [1.165, 1.54) is 16.7 Å². The van der Waals surface area contributed by atoms with E-state index in [1.807, 2.05) is 6.07 Å². The first-order chi connectivity index (χ1) is 8.72. The van der Waals surface area contributed by atoms with Gasteiger partial charge in [-0.1, -0.05) is 68.4 Å². The Morgan fingerprint density at radius 3 is 2.00 bits per heavy atom. The molecule has 2 aromatic carbocycles. The molecular formula is C17H19Cl. The topological polar surface area (TPSA) is 0 Å². The molecule has 0 aliphatic heterocycles.